The fraction of sp³-hybridized carbons (Fsp3) is 0.545. The summed E-state index contributed by atoms with van der Waals surface area (Å²) >= 11 is 0. The fourth-order valence-corrected chi connectivity index (χ4v) is 3.44. The maximum Gasteiger partial charge on any atom is 0.328 e. The van der Waals surface area contributed by atoms with Crippen LogP contribution >= 0.6 is 0 Å². The van der Waals surface area contributed by atoms with Crippen molar-refractivity contribution in [1.82, 2.24) is 13.9 Å². The highest BCUT2D eigenvalue weighted by Gasteiger charge is 2.29. The van der Waals surface area contributed by atoms with Crippen molar-refractivity contribution in [2.24, 2.45) is 0 Å². The Hall–Kier alpha value is -1.98. The molecular formula is C11H15N3O7S. The zero-order valence-electron chi connectivity index (χ0n) is 11.5. The smallest absolute Gasteiger partial charge is 0.328 e. The van der Waals surface area contributed by atoms with Gasteiger partial charge in [0.25, 0.3) is 5.56 Å². The summed E-state index contributed by atoms with van der Waals surface area (Å²) in [4.78, 5) is 35.3. The quantitative estimate of drug-likeness (QED) is 0.637. The summed E-state index contributed by atoms with van der Waals surface area (Å²) in [6.07, 6.45) is 0.512. The van der Waals surface area contributed by atoms with Gasteiger partial charge in [0.05, 0.1) is 19.6 Å². The largest absolute Gasteiger partial charge is 0.481 e. The first kappa shape index (κ1) is 16.4. The molecule has 0 atom stereocenters. The molecule has 0 radical (unpaired) electrons. The standard InChI is InChI=1S/C11H15N3O7S/c15-9(16)1-2-13-7-8(10(17)12-11(13)18)22(19,20)14-3-5-21-6-4-14/h7H,1-6H2,(H,15,16)(H,12,17,18). The summed E-state index contributed by atoms with van der Waals surface area (Å²) < 4.78 is 31.9. The van der Waals surface area contributed by atoms with E-state index in [0.29, 0.717) is 0 Å². The first-order valence-corrected chi connectivity index (χ1v) is 7.90. The van der Waals surface area contributed by atoms with Gasteiger partial charge >= 0.3 is 11.7 Å². The average Bonchev–Trinajstić information content (AvgIpc) is 2.46. The van der Waals surface area contributed by atoms with Crippen LogP contribution in [0.25, 0.3) is 0 Å². The van der Waals surface area contributed by atoms with Crippen molar-refractivity contribution in [3.8, 4) is 0 Å². The highest BCUT2D eigenvalue weighted by Crippen LogP contribution is 2.12. The molecule has 22 heavy (non-hydrogen) atoms. The highest BCUT2D eigenvalue weighted by molar-refractivity contribution is 7.89. The SMILES string of the molecule is O=C(O)CCn1cc(S(=O)(=O)N2CCOCC2)c(=O)[nH]c1=O. The average molecular weight is 333 g/mol. The molecule has 0 aliphatic carbocycles. The number of nitrogens with zero attached hydrogens (tertiary/aromatic N) is 2. The van der Waals surface area contributed by atoms with Crippen molar-refractivity contribution in [1.29, 1.82) is 0 Å². The fourth-order valence-electron chi connectivity index (χ4n) is 1.98. The van der Waals surface area contributed by atoms with Gasteiger partial charge in [0, 0.05) is 25.8 Å². The number of hydrogen-bond acceptors (Lipinski definition) is 6. The van der Waals surface area contributed by atoms with Gasteiger partial charge < -0.3 is 9.84 Å². The van der Waals surface area contributed by atoms with Crippen molar-refractivity contribution in [3.63, 3.8) is 0 Å². The number of ether oxygens (including phenoxy) is 1. The van der Waals surface area contributed by atoms with Crippen LogP contribution < -0.4 is 11.2 Å². The second-order valence-corrected chi connectivity index (χ2v) is 6.51. The number of aliphatic carboxylic acids is 1. The number of nitrogens with one attached hydrogen (secondary N) is 1. The molecule has 2 rings (SSSR count). The van der Waals surface area contributed by atoms with Gasteiger partial charge in [0.15, 0.2) is 4.90 Å². The van der Waals surface area contributed by atoms with Crippen LogP contribution in [0.4, 0.5) is 0 Å². The number of aromatic nitrogens is 2. The number of carbonyl (C=O) groups is 1. The lowest BCUT2D eigenvalue weighted by atomic mass is 10.4. The number of sulfonamides is 1. The van der Waals surface area contributed by atoms with E-state index >= 15 is 0 Å². The minimum Gasteiger partial charge on any atom is -0.481 e. The molecule has 0 saturated carbocycles. The monoisotopic (exact) mass is 333 g/mol. The van der Waals surface area contributed by atoms with Crippen molar-refractivity contribution < 1.29 is 23.1 Å². The molecule has 1 aliphatic rings. The Morgan fingerprint density at radius 1 is 1.32 bits per heavy atom. The van der Waals surface area contributed by atoms with Gasteiger partial charge in [-0.15, -0.1) is 0 Å². The topological polar surface area (TPSA) is 139 Å². The molecule has 1 aromatic heterocycles. The van der Waals surface area contributed by atoms with E-state index in [9.17, 15) is 22.8 Å². The molecule has 1 aliphatic heterocycles. The molecule has 0 unspecified atom stereocenters. The summed E-state index contributed by atoms with van der Waals surface area (Å²) in [7, 11) is -4.07. The van der Waals surface area contributed by atoms with Gasteiger partial charge in [-0.05, 0) is 0 Å². The highest BCUT2D eigenvalue weighted by atomic mass is 32.2. The van der Waals surface area contributed by atoms with Crippen LogP contribution in [0.5, 0.6) is 0 Å². The zero-order chi connectivity index (χ0) is 16.3. The molecular weight excluding hydrogens is 318 g/mol. The van der Waals surface area contributed by atoms with Gasteiger partial charge in [-0.2, -0.15) is 4.31 Å². The van der Waals surface area contributed by atoms with Crippen LogP contribution in [0.1, 0.15) is 6.42 Å². The van der Waals surface area contributed by atoms with E-state index in [1.165, 1.54) is 0 Å². The molecule has 1 fully saturated rings. The van der Waals surface area contributed by atoms with Gasteiger partial charge in [0.2, 0.25) is 10.0 Å². The van der Waals surface area contributed by atoms with Gasteiger partial charge in [-0.1, -0.05) is 0 Å². The first-order chi connectivity index (χ1) is 10.3. The van der Waals surface area contributed by atoms with Crippen molar-refractivity contribution >= 4 is 16.0 Å². The Kier molecular flexibility index (Phi) is 4.78. The molecule has 0 bridgehead atoms. The Balaban J connectivity index is 2.41. The number of rotatable bonds is 5. The van der Waals surface area contributed by atoms with Crippen LogP contribution in [-0.4, -0.2) is 59.7 Å². The van der Waals surface area contributed by atoms with Crippen molar-refractivity contribution in [2.75, 3.05) is 26.3 Å². The van der Waals surface area contributed by atoms with Crippen LogP contribution in [0.15, 0.2) is 20.7 Å². The second-order valence-electron chi connectivity index (χ2n) is 4.61. The molecule has 0 aromatic carbocycles. The van der Waals surface area contributed by atoms with Crippen molar-refractivity contribution in [3.05, 3.63) is 27.0 Å². The third kappa shape index (κ3) is 3.43. The molecule has 0 spiro atoms. The van der Waals surface area contributed by atoms with Gasteiger partial charge in [-0.3, -0.25) is 19.1 Å². The van der Waals surface area contributed by atoms with Gasteiger partial charge in [0.1, 0.15) is 0 Å². The van der Waals surface area contributed by atoms with E-state index in [0.717, 1.165) is 15.1 Å². The number of aryl methyl sites for hydroxylation is 1. The number of H-pyrrole nitrogens is 1. The summed E-state index contributed by atoms with van der Waals surface area (Å²) in [6, 6.07) is 0. The minimum absolute atomic E-state index is 0.107. The molecule has 11 heteroatoms. The number of morpholine rings is 1. The Bertz CT molecular complexity index is 774. The zero-order valence-corrected chi connectivity index (χ0v) is 12.3. The van der Waals surface area contributed by atoms with Crippen LogP contribution in [-0.2, 0) is 26.1 Å². The summed E-state index contributed by atoms with van der Waals surface area (Å²) in [5, 5.41) is 8.63. The van der Waals surface area contributed by atoms with E-state index in [-0.39, 0.29) is 39.3 Å². The summed E-state index contributed by atoms with van der Waals surface area (Å²) in [5.41, 5.74) is -1.88. The number of hydrogen-bond donors (Lipinski definition) is 2. The Labute approximate surface area is 125 Å². The Morgan fingerprint density at radius 3 is 2.55 bits per heavy atom. The molecule has 122 valence electrons. The second kappa shape index (κ2) is 6.42. The third-order valence-electron chi connectivity index (χ3n) is 3.13. The first-order valence-electron chi connectivity index (χ1n) is 6.46. The van der Waals surface area contributed by atoms with Gasteiger partial charge in [-0.25, -0.2) is 13.2 Å². The lowest BCUT2D eigenvalue weighted by Gasteiger charge is -2.25. The van der Waals surface area contributed by atoms with E-state index in [1.807, 2.05) is 4.98 Å². The lowest BCUT2D eigenvalue weighted by Crippen LogP contribution is -2.44. The third-order valence-corrected chi connectivity index (χ3v) is 5.02. The minimum atomic E-state index is -4.07. The molecule has 2 N–H and O–H groups in total. The maximum atomic E-state index is 12.4. The predicted molar refractivity (Wildman–Crippen MR) is 73.2 cm³/mol. The normalized spacial score (nSPS) is 16.5. The van der Waals surface area contributed by atoms with Crippen LogP contribution in [0, 0.1) is 0 Å². The molecule has 10 nitrogen and oxygen atoms in total. The summed E-state index contributed by atoms with van der Waals surface area (Å²) in [5.74, 6) is -1.14. The van der Waals surface area contributed by atoms with Crippen LogP contribution in [0.2, 0.25) is 0 Å². The number of carboxylic acid groups (broad SMARTS) is 1. The van der Waals surface area contributed by atoms with E-state index in [4.69, 9.17) is 9.84 Å². The molecule has 1 aromatic rings. The maximum absolute atomic E-state index is 12.4. The van der Waals surface area contributed by atoms with E-state index in [2.05, 4.69) is 0 Å². The summed E-state index contributed by atoms with van der Waals surface area (Å²) in [6.45, 7) is 0.411. The lowest BCUT2D eigenvalue weighted by molar-refractivity contribution is -0.137. The molecule has 0 amide bonds. The van der Waals surface area contributed by atoms with Crippen LogP contribution in [0.3, 0.4) is 0 Å². The Morgan fingerprint density at radius 2 is 1.95 bits per heavy atom. The van der Waals surface area contributed by atoms with Crippen molar-refractivity contribution in [2.45, 2.75) is 17.9 Å². The molecule has 1 saturated heterocycles. The van der Waals surface area contributed by atoms with E-state index < -0.39 is 32.1 Å². The number of aromatic amines is 1. The number of carboxylic acids is 1. The predicted octanol–water partition coefficient (Wildman–Crippen LogP) is -1.97. The molecule has 2 heterocycles. The van der Waals surface area contributed by atoms with E-state index in [1.54, 1.807) is 0 Å².